The highest BCUT2D eigenvalue weighted by Gasteiger charge is 2.12. The molecule has 0 spiro atoms. The Hall–Kier alpha value is -0.870. The van der Waals surface area contributed by atoms with Crippen molar-refractivity contribution in [2.75, 3.05) is 11.5 Å². The minimum atomic E-state index is -0.803. The predicted molar refractivity (Wildman–Crippen MR) is 63.4 cm³/mol. The van der Waals surface area contributed by atoms with Crippen LogP contribution in [-0.4, -0.2) is 16.8 Å². The average Bonchev–Trinajstić information content (AvgIpc) is 2.18. The number of aliphatic carboxylic acids is 1. The largest absolute Gasteiger partial charge is 0.481 e. The Morgan fingerprint density at radius 3 is 2.93 bits per heavy atom. The molecular formula is C10H12ClNO2S. The normalized spacial score (nSPS) is 12.4. The Kier molecular flexibility index (Phi) is 4.29. The number of hydrogen-bond acceptors (Lipinski definition) is 3. The summed E-state index contributed by atoms with van der Waals surface area (Å²) in [6.07, 6.45) is 0. The number of halogens is 1. The fraction of sp³-hybridized carbons (Fsp3) is 0.300. The SMILES string of the molecule is CC(CSc1cc(Cl)ccc1N)C(=O)O. The number of thioether (sulfide) groups is 1. The molecule has 0 saturated carbocycles. The van der Waals surface area contributed by atoms with E-state index in [1.54, 1.807) is 25.1 Å². The number of rotatable bonds is 4. The van der Waals surface area contributed by atoms with Gasteiger partial charge in [0.15, 0.2) is 0 Å². The summed E-state index contributed by atoms with van der Waals surface area (Å²) < 4.78 is 0. The number of anilines is 1. The van der Waals surface area contributed by atoms with Crippen LogP contribution in [0.3, 0.4) is 0 Å². The van der Waals surface area contributed by atoms with E-state index in [-0.39, 0.29) is 0 Å². The minimum Gasteiger partial charge on any atom is -0.481 e. The van der Waals surface area contributed by atoms with Crippen molar-refractivity contribution in [1.82, 2.24) is 0 Å². The van der Waals surface area contributed by atoms with Gasteiger partial charge in [0.25, 0.3) is 0 Å². The molecule has 1 aromatic rings. The second kappa shape index (κ2) is 5.28. The van der Waals surface area contributed by atoms with Crippen molar-refractivity contribution in [3.8, 4) is 0 Å². The zero-order chi connectivity index (χ0) is 11.4. The van der Waals surface area contributed by atoms with Crippen molar-refractivity contribution >= 4 is 35.0 Å². The Balaban J connectivity index is 2.65. The molecule has 0 fully saturated rings. The molecule has 1 atom stereocenters. The zero-order valence-corrected chi connectivity index (χ0v) is 9.81. The maximum atomic E-state index is 10.6. The van der Waals surface area contributed by atoms with Crippen molar-refractivity contribution in [2.24, 2.45) is 5.92 Å². The third-order valence-electron chi connectivity index (χ3n) is 1.89. The molecule has 3 N–H and O–H groups in total. The van der Waals surface area contributed by atoms with Crippen LogP contribution < -0.4 is 5.73 Å². The summed E-state index contributed by atoms with van der Waals surface area (Å²) >= 11 is 7.22. The monoisotopic (exact) mass is 245 g/mol. The fourth-order valence-corrected chi connectivity index (χ4v) is 2.17. The van der Waals surface area contributed by atoms with Gasteiger partial charge in [0.05, 0.1) is 5.92 Å². The van der Waals surface area contributed by atoms with Gasteiger partial charge < -0.3 is 10.8 Å². The molecule has 0 amide bonds. The van der Waals surface area contributed by atoms with E-state index in [1.165, 1.54) is 11.8 Å². The third-order valence-corrected chi connectivity index (χ3v) is 3.45. The first-order chi connectivity index (χ1) is 7.00. The molecule has 0 aliphatic carbocycles. The van der Waals surface area contributed by atoms with Gasteiger partial charge in [0.1, 0.15) is 0 Å². The Bertz CT molecular complexity index is 370. The first-order valence-electron chi connectivity index (χ1n) is 4.41. The summed E-state index contributed by atoms with van der Waals surface area (Å²) in [6, 6.07) is 5.17. The number of carboxylic acid groups (broad SMARTS) is 1. The van der Waals surface area contributed by atoms with Crippen molar-refractivity contribution in [1.29, 1.82) is 0 Å². The van der Waals surface area contributed by atoms with Gasteiger partial charge in [-0.25, -0.2) is 0 Å². The molecule has 1 aromatic carbocycles. The van der Waals surface area contributed by atoms with Crippen LogP contribution in [0.2, 0.25) is 5.02 Å². The van der Waals surface area contributed by atoms with Crippen molar-refractivity contribution < 1.29 is 9.90 Å². The maximum Gasteiger partial charge on any atom is 0.307 e. The lowest BCUT2D eigenvalue weighted by Crippen LogP contribution is -2.11. The lowest BCUT2D eigenvalue weighted by atomic mass is 10.2. The quantitative estimate of drug-likeness (QED) is 0.633. The number of carboxylic acids is 1. The van der Waals surface area contributed by atoms with Gasteiger partial charge in [-0.1, -0.05) is 18.5 Å². The molecule has 1 rings (SSSR count). The summed E-state index contributed by atoms with van der Waals surface area (Å²) in [5.41, 5.74) is 6.35. The van der Waals surface area contributed by atoms with Crippen LogP contribution in [-0.2, 0) is 4.79 Å². The molecule has 82 valence electrons. The predicted octanol–water partition coefficient (Wildman–Crippen LogP) is 2.73. The highest BCUT2D eigenvalue weighted by Crippen LogP contribution is 2.29. The van der Waals surface area contributed by atoms with Crippen LogP contribution in [0, 0.1) is 5.92 Å². The van der Waals surface area contributed by atoms with Crippen molar-refractivity contribution in [2.45, 2.75) is 11.8 Å². The maximum absolute atomic E-state index is 10.6. The molecule has 0 bridgehead atoms. The molecular weight excluding hydrogens is 234 g/mol. The standard InChI is InChI=1S/C10H12ClNO2S/c1-6(10(13)14)5-15-9-4-7(11)2-3-8(9)12/h2-4,6H,5,12H2,1H3,(H,13,14). The van der Waals surface area contributed by atoms with Crippen LogP contribution in [0.1, 0.15) is 6.92 Å². The molecule has 0 radical (unpaired) electrons. The first kappa shape index (κ1) is 12.2. The molecule has 0 aliphatic rings. The highest BCUT2D eigenvalue weighted by molar-refractivity contribution is 7.99. The van der Waals surface area contributed by atoms with E-state index in [2.05, 4.69) is 0 Å². The smallest absolute Gasteiger partial charge is 0.307 e. The second-order valence-electron chi connectivity index (χ2n) is 3.23. The summed E-state index contributed by atoms with van der Waals surface area (Å²) in [4.78, 5) is 11.4. The number of carbonyl (C=O) groups is 1. The number of nitrogens with two attached hydrogens (primary N) is 1. The van der Waals surface area contributed by atoms with Gasteiger partial charge in [-0.2, -0.15) is 0 Å². The van der Waals surface area contributed by atoms with Gasteiger partial charge in [0, 0.05) is 21.4 Å². The summed E-state index contributed by atoms with van der Waals surface area (Å²) in [5, 5.41) is 9.32. The number of nitrogen functional groups attached to an aromatic ring is 1. The van der Waals surface area contributed by atoms with Crippen LogP contribution in [0.5, 0.6) is 0 Å². The van der Waals surface area contributed by atoms with Gasteiger partial charge in [-0.05, 0) is 18.2 Å². The summed E-state index contributed by atoms with van der Waals surface area (Å²) in [6.45, 7) is 1.66. The average molecular weight is 246 g/mol. The Morgan fingerprint density at radius 1 is 1.67 bits per heavy atom. The highest BCUT2D eigenvalue weighted by atomic mass is 35.5. The topological polar surface area (TPSA) is 63.3 Å². The molecule has 1 unspecified atom stereocenters. The van der Waals surface area contributed by atoms with Crippen LogP contribution in [0.4, 0.5) is 5.69 Å². The summed E-state index contributed by atoms with van der Waals surface area (Å²) in [5.74, 6) is -0.712. The van der Waals surface area contributed by atoms with Crippen LogP contribution in [0.25, 0.3) is 0 Å². The Morgan fingerprint density at radius 2 is 2.33 bits per heavy atom. The molecule has 0 aliphatic heterocycles. The van der Waals surface area contributed by atoms with E-state index in [4.69, 9.17) is 22.4 Å². The number of hydrogen-bond donors (Lipinski definition) is 2. The van der Waals surface area contributed by atoms with E-state index in [0.717, 1.165) is 4.90 Å². The van der Waals surface area contributed by atoms with Crippen molar-refractivity contribution in [3.63, 3.8) is 0 Å². The van der Waals surface area contributed by atoms with E-state index >= 15 is 0 Å². The van der Waals surface area contributed by atoms with Gasteiger partial charge >= 0.3 is 5.97 Å². The van der Waals surface area contributed by atoms with Gasteiger partial charge in [0.2, 0.25) is 0 Å². The van der Waals surface area contributed by atoms with E-state index < -0.39 is 11.9 Å². The number of benzene rings is 1. The van der Waals surface area contributed by atoms with Crippen LogP contribution >= 0.6 is 23.4 Å². The van der Waals surface area contributed by atoms with Gasteiger partial charge in [-0.15, -0.1) is 11.8 Å². The molecule has 5 heteroatoms. The molecule has 0 heterocycles. The molecule has 0 aromatic heterocycles. The van der Waals surface area contributed by atoms with Crippen LogP contribution in [0.15, 0.2) is 23.1 Å². The van der Waals surface area contributed by atoms with E-state index in [0.29, 0.717) is 16.5 Å². The second-order valence-corrected chi connectivity index (χ2v) is 4.73. The third kappa shape index (κ3) is 3.64. The van der Waals surface area contributed by atoms with E-state index in [1.807, 2.05) is 0 Å². The molecule has 3 nitrogen and oxygen atoms in total. The first-order valence-corrected chi connectivity index (χ1v) is 5.77. The lowest BCUT2D eigenvalue weighted by Gasteiger charge is -2.08. The zero-order valence-electron chi connectivity index (χ0n) is 8.24. The van der Waals surface area contributed by atoms with E-state index in [9.17, 15) is 4.79 Å². The Labute approximate surface area is 97.6 Å². The lowest BCUT2D eigenvalue weighted by molar-refractivity contribution is -0.140. The molecule has 15 heavy (non-hydrogen) atoms. The summed E-state index contributed by atoms with van der Waals surface area (Å²) in [7, 11) is 0. The van der Waals surface area contributed by atoms with Crippen molar-refractivity contribution in [3.05, 3.63) is 23.2 Å². The minimum absolute atomic E-state index is 0.395. The van der Waals surface area contributed by atoms with Gasteiger partial charge in [-0.3, -0.25) is 4.79 Å². The molecule has 0 saturated heterocycles. The fourth-order valence-electron chi connectivity index (χ4n) is 0.919.